The van der Waals surface area contributed by atoms with E-state index in [-0.39, 0.29) is 17.9 Å². The van der Waals surface area contributed by atoms with Crippen molar-refractivity contribution in [3.05, 3.63) is 0 Å². The van der Waals surface area contributed by atoms with E-state index < -0.39 is 0 Å². The number of nitrogens with zero attached hydrogens (tertiary/aromatic N) is 1. The second kappa shape index (κ2) is 4.28. The van der Waals surface area contributed by atoms with E-state index in [1.165, 1.54) is 0 Å². The normalized spacial score (nSPS) is 33.4. The Morgan fingerprint density at radius 1 is 1.29 bits per heavy atom. The molecule has 4 heteroatoms. The summed E-state index contributed by atoms with van der Waals surface area (Å²) in [6, 6.07) is 0.219. The Balaban J connectivity index is 1.94. The molecule has 0 radical (unpaired) electrons. The number of hydrogen-bond acceptors (Lipinski definition) is 3. The smallest absolute Gasteiger partial charge is 0.228 e. The second-order valence-electron chi connectivity index (χ2n) is 4.02. The lowest BCUT2D eigenvalue weighted by Crippen LogP contribution is -2.49. The summed E-state index contributed by atoms with van der Waals surface area (Å²) in [5, 5.41) is 0. The molecular weight excluding hydrogens is 182 g/mol. The van der Waals surface area contributed by atoms with Crippen molar-refractivity contribution >= 4 is 5.91 Å². The van der Waals surface area contributed by atoms with Crippen molar-refractivity contribution in [2.45, 2.75) is 19.4 Å². The Labute approximate surface area is 84.2 Å². The number of ether oxygens (including phenoxy) is 2. The minimum Gasteiger partial charge on any atom is -0.381 e. The Kier molecular flexibility index (Phi) is 3.03. The lowest BCUT2D eigenvalue weighted by Gasteiger charge is -2.34. The molecule has 1 amide bonds. The maximum Gasteiger partial charge on any atom is 0.228 e. The molecule has 2 rings (SSSR count). The van der Waals surface area contributed by atoms with Gasteiger partial charge in [-0.1, -0.05) is 0 Å². The van der Waals surface area contributed by atoms with Crippen LogP contribution in [0.5, 0.6) is 0 Å². The van der Waals surface area contributed by atoms with Gasteiger partial charge in [-0.15, -0.1) is 0 Å². The molecule has 2 fully saturated rings. The van der Waals surface area contributed by atoms with Crippen molar-refractivity contribution < 1.29 is 14.3 Å². The zero-order chi connectivity index (χ0) is 9.97. The van der Waals surface area contributed by atoms with E-state index >= 15 is 0 Å². The maximum absolute atomic E-state index is 12.0. The Morgan fingerprint density at radius 3 is 2.71 bits per heavy atom. The summed E-state index contributed by atoms with van der Waals surface area (Å²) >= 11 is 0. The minimum atomic E-state index is 0.0931. The molecule has 80 valence electrons. The predicted octanol–water partition coefficient (Wildman–Crippen LogP) is 0.270. The van der Waals surface area contributed by atoms with E-state index in [9.17, 15) is 4.79 Å². The molecule has 0 saturated carbocycles. The summed E-state index contributed by atoms with van der Waals surface area (Å²) in [5.41, 5.74) is 0. The van der Waals surface area contributed by atoms with Gasteiger partial charge in [0.25, 0.3) is 0 Å². The Hall–Kier alpha value is -0.610. The Morgan fingerprint density at radius 2 is 2.07 bits per heavy atom. The summed E-state index contributed by atoms with van der Waals surface area (Å²) in [4.78, 5) is 13.9. The average Bonchev–Trinajstić information content (AvgIpc) is 2.70. The standard InChI is InChI=1S/C10H17NO3/c1-8-6-14-5-3-11(8)10(12)9-2-4-13-7-9/h8-9H,2-7H2,1H3/t8-,9?/m0/s1. The van der Waals surface area contributed by atoms with Crippen LogP contribution in [0, 0.1) is 5.92 Å². The van der Waals surface area contributed by atoms with Crippen LogP contribution in [0.1, 0.15) is 13.3 Å². The maximum atomic E-state index is 12.0. The zero-order valence-electron chi connectivity index (χ0n) is 8.57. The van der Waals surface area contributed by atoms with Gasteiger partial charge in [0.2, 0.25) is 5.91 Å². The molecule has 0 aliphatic carbocycles. The van der Waals surface area contributed by atoms with E-state index in [0.717, 1.165) is 19.6 Å². The third-order valence-electron chi connectivity index (χ3n) is 2.93. The molecule has 0 bridgehead atoms. The van der Waals surface area contributed by atoms with Crippen LogP contribution in [0.15, 0.2) is 0 Å². The van der Waals surface area contributed by atoms with Crippen molar-refractivity contribution in [2.75, 3.05) is 33.0 Å². The van der Waals surface area contributed by atoms with Gasteiger partial charge in [-0.25, -0.2) is 0 Å². The highest BCUT2D eigenvalue weighted by molar-refractivity contribution is 5.79. The molecule has 2 atom stereocenters. The summed E-state index contributed by atoms with van der Waals surface area (Å²) in [7, 11) is 0. The van der Waals surface area contributed by atoms with E-state index in [0.29, 0.717) is 19.8 Å². The van der Waals surface area contributed by atoms with Gasteiger partial charge in [-0.2, -0.15) is 0 Å². The van der Waals surface area contributed by atoms with Crippen LogP contribution in [0.25, 0.3) is 0 Å². The van der Waals surface area contributed by atoms with Gasteiger partial charge < -0.3 is 14.4 Å². The van der Waals surface area contributed by atoms with Gasteiger partial charge in [0, 0.05) is 13.2 Å². The quantitative estimate of drug-likeness (QED) is 0.608. The molecular formula is C10H17NO3. The van der Waals surface area contributed by atoms with E-state index in [4.69, 9.17) is 9.47 Å². The SMILES string of the molecule is C[C@H]1COCCN1C(=O)C1CCOC1. The lowest BCUT2D eigenvalue weighted by atomic mass is 10.1. The van der Waals surface area contributed by atoms with Crippen LogP contribution in [-0.2, 0) is 14.3 Å². The van der Waals surface area contributed by atoms with E-state index in [2.05, 4.69) is 0 Å². The number of carbonyl (C=O) groups excluding carboxylic acids is 1. The van der Waals surface area contributed by atoms with Crippen molar-refractivity contribution in [3.63, 3.8) is 0 Å². The summed E-state index contributed by atoms with van der Waals surface area (Å²) in [6.07, 6.45) is 0.878. The number of carbonyl (C=O) groups is 1. The van der Waals surface area contributed by atoms with Crippen LogP contribution < -0.4 is 0 Å². The van der Waals surface area contributed by atoms with Gasteiger partial charge in [0.1, 0.15) is 0 Å². The largest absolute Gasteiger partial charge is 0.381 e. The topological polar surface area (TPSA) is 38.8 Å². The van der Waals surface area contributed by atoms with Gasteiger partial charge in [-0.05, 0) is 13.3 Å². The molecule has 0 aromatic heterocycles. The third-order valence-corrected chi connectivity index (χ3v) is 2.93. The fraction of sp³-hybridized carbons (Fsp3) is 0.900. The molecule has 0 aromatic rings. The zero-order valence-corrected chi connectivity index (χ0v) is 8.57. The highest BCUT2D eigenvalue weighted by Crippen LogP contribution is 2.18. The molecule has 2 aliphatic rings. The highest BCUT2D eigenvalue weighted by atomic mass is 16.5. The number of morpholine rings is 1. The first kappa shape index (κ1) is 9.93. The summed E-state index contributed by atoms with van der Waals surface area (Å²) in [6.45, 7) is 5.43. The van der Waals surface area contributed by atoms with Crippen LogP contribution in [0.4, 0.5) is 0 Å². The fourth-order valence-electron chi connectivity index (χ4n) is 2.02. The molecule has 0 spiro atoms. The van der Waals surface area contributed by atoms with Gasteiger partial charge in [0.15, 0.2) is 0 Å². The van der Waals surface area contributed by atoms with Crippen molar-refractivity contribution in [1.82, 2.24) is 4.90 Å². The molecule has 4 nitrogen and oxygen atoms in total. The van der Waals surface area contributed by atoms with Gasteiger partial charge >= 0.3 is 0 Å². The molecule has 2 saturated heterocycles. The number of rotatable bonds is 1. The first-order valence-electron chi connectivity index (χ1n) is 5.25. The lowest BCUT2D eigenvalue weighted by molar-refractivity contribution is -0.143. The number of hydrogen-bond donors (Lipinski definition) is 0. The van der Waals surface area contributed by atoms with Crippen LogP contribution in [-0.4, -0.2) is 49.8 Å². The minimum absolute atomic E-state index is 0.0931. The molecule has 14 heavy (non-hydrogen) atoms. The van der Waals surface area contributed by atoms with Crippen LogP contribution >= 0.6 is 0 Å². The van der Waals surface area contributed by atoms with Gasteiger partial charge in [0.05, 0.1) is 31.8 Å². The summed E-state index contributed by atoms with van der Waals surface area (Å²) in [5.74, 6) is 0.342. The Bertz CT molecular complexity index is 213. The van der Waals surface area contributed by atoms with Crippen molar-refractivity contribution in [2.24, 2.45) is 5.92 Å². The molecule has 1 unspecified atom stereocenters. The monoisotopic (exact) mass is 199 g/mol. The summed E-state index contributed by atoms with van der Waals surface area (Å²) < 4.78 is 10.5. The van der Waals surface area contributed by atoms with E-state index in [1.807, 2.05) is 11.8 Å². The average molecular weight is 199 g/mol. The first-order chi connectivity index (χ1) is 6.79. The molecule has 2 aliphatic heterocycles. The van der Waals surface area contributed by atoms with Gasteiger partial charge in [-0.3, -0.25) is 4.79 Å². The van der Waals surface area contributed by atoms with Crippen molar-refractivity contribution in [1.29, 1.82) is 0 Å². The predicted molar refractivity (Wildman–Crippen MR) is 50.9 cm³/mol. The van der Waals surface area contributed by atoms with Crippen molar-refractivity contribution in [3.8, 4) is 0 Å². The molecule has 0 N–H and O–H groups in total. The highest BCUT2D eigenvalue weighted by Gasteiger charge is 2.31. The third kappa shape index (κ3) is 1.91. The van der Waals surface area contributed by atoms with Crippen LogP contribution in [0.3, 0.4) is 0 Å². The van der Waals surface area contributed by atoms with E-state index in [1.54, 1.807) is 0 Å². The fourth-order valence-corrected chi connectivity index (χ4v) is 2.02. The second-order valence-corrected chi connectivity index (χ2v) is 4.02. The molecule has 2 heterocycles. The number of amides is 1. The first-order valence-corrected chi connectivity index (χ1v) is 5.25. The molecule has 0 aromatic carbocycles. The van der Waals surface area contributed by atoms with Crippen LogP contribution in [0.2, 0.25) is 0 Å².